The molecule has 250 valence electrons. The molecule has 0 saturated carbocycles. The van der Waals surface area contributed by atoms with Crippen molar-refractivity contribution in [1.29, 1.82) is 0 Å². The topological polar surface area (TPSA) is 69.6 Å². The van der Waals surface area contributed by atoms with Gasteiger partial charge in [0.2, 0.25) is 5.91 Å². The van der Waals surface area contributed by atoms with E-state index in [2.05, 4.69) is 86.0 Å². The summed E-state index contributed by atoms with van der Waals surface area (Å²) in [5.41, 5.74) is 0. The predicted molar refractivity (Wildman–Crippen MR) is 193 cm³/mol. The number of rotatable bonds is 30. The van der Waals surface area contributed by atoms with Gasteiger partial charge in [-0.15, -0.1) is 0 Å². The van der Waals surface area contributed by atoms with E-state index >= 15 is 0 Å². The van der Waals surface area contributed by atoms with Crippen LogP contribution in [0.25, 0.3) is 0 Å². The summed E-state index contributed by atoms with van der Waals surface area (Å²) in [6.45, 7) is 4.13. The summed E-state index contributed by atoms with van der Waals surface area (Å²) in [6.07, 6.45) is 51.0. The van der Waals surface area contributed by atoms with Crippen LogP contribution in [0.4, 0.5) is 0 Å². The SMILES string of the molecule is CC/C=C\C/C=C\C/C=C\C/C=C\C/C=C\C/C=C\CCC(=O)NC(CO)C(O)/C=C/CCCCCCCCCCCCC. The summed E-state index contributed by atoms with van der Waals surface area (Å²) in [5.74, 6) is -0.151. The Balaban J connectivity index is 3.84. The fourth-order valence-corrected chi connectivity index (χ4v) is 4.67. The highest BCUT2D eigenvalue weighted by molar-refractivity contribution is 5.76. The Labute approximate surface area is 271 Å². The van der Waals surface area contributed by atoms with Crippen molar-refractivity contribution in [2.45, 2.75) is 154 Å². The standard InChI is InChI=1S/C40H67NO3/c1-3-5-7-9-11-13-15-17-18-19-20-21-22-24-26-28-30-32-34-36-40(44)41-38(37-42)39(43)35-33-31-29-27-25-23-16-14-12-10-8-6-4-2/h5,7,11,13,17-18,20-21,24,26,30,32-33,35,38-39,42-43H,3-4,6,8-10,12,14-16,19,22-23,25,27-29,31,34,36-37H2,1-2H3,(H,41,44)/b7-5-,13-11-,18-17-,21-20-,26-24-,32-30-,35-33+. The average Bonchev–Trinajstić information content (AvgIpc) is 3.03. The Morgan fingerprint density at radius 3 is 1.45 bits per heavy atom. The van der Waals surface area contributed by atoms with Crippen LogP contribution < -0.4 is 5.32 Å². The number of aliphatic hydroxyl groups is 2. The summed E-state index contributed by atoms with van der Waals surface area (Å²) in [5, 5.41) is 22.8. The van der Waals surface area contributed by atoms with Crippen LogP contribution in [0.15, 0.2) is 85.1 Å². The lowest BCUT2D eigenvalue weighted by atomic mass is 10.0. The second-order valence-electron chi connectivity index (χ2n) is 11.6. The quantitative estimate of drug-likeness (QED) is 0.0560. The Hall–Kier alpha value is -2.43. The minimum atomic E-state index is -0.873. The summed E-state index contributed by atoms with van der Waals surface area (Å²) in [4.78, 5) is 12.3. The minimum absolute atomic E-state index is 0.151. The van der Waals surface area contributed by atoms with Gasteiger partial charge in [-0.05, 0) is 57.8 Å². The molecule has 0 radical (unpaired) electrons. The molecule has 0 saturated heterocycles. The lowest BCUT2D eigenvalue weighted by Gasteiger charge is -2.19. The molecule has 0 heterocycles. The van der Waals surface area contributed by atoms with Gasteiger partial charge >= 0.3 is 0 Å². The van der Waals surface area contributed by atoms with Crippen LogP contribution in [0.1, 0.15) is 142 Å². The maximum absolute atomic E-state index is 12.3. The number of hydrogen-bond donors (Lipinski definition) is 3. The van der Waals surface area contributed by atoms with Crippen LogP contribution in [-0.2, 0) is 4.79 Å². The third-order valence-corrected chi connectivity index (χ3v) is 7.40. The molecule has 0 spiro atoms. The number of carbonyl (C=O) groups is 1. The molecule has 0 aromatic rings. The lowest BCUT2D eigenvalue weighted by Crippen LogP contribution is -2.45. The summed E-state index contributed by atoms with van der Waals surface area (Å²) in [6, 6.07) is -0.665. The molecule has 4 nitrogen and oxygen atoms in total. The van der Waals surface area contributed by atoms with E-state index in [0.717, 1.165) is 51.4 Å². The first-order chi connectivity index (χ1) is 21.7. The van der Waals surface area contributed by atoms with Gasteiger partial charge in [0.1, 0.15) is 0 Å². The zero-order chi connectivity index (χ0) is 32.2. The molecule has 0 aliphatic carbocycles. The number of carbonyl (C=O) groups excluding carboxylic acids is 1. The van der Waals surface area contributed by atoms with Crippen LogP contribution in [0, 0.1) is 0 Å². The summed E-state index contributed by atoms with van der Waals surface area (Å²) >= 11 is 0. The molecule has 0 aromatic carbocycles. The molecule has 1 amide bonds. The van der Waals surface area contributed by atoms with Crippen LogP contribution in [0.2, 0.25) is 0 Å². The highest BCUT2D eigenvalue weighted by Gasteiger charge is 2.17. The van der Waals surface area contributed by atoms with Crippen LogP contribution in [0.3, 0.4) is 0 Å². The van der Waals surface area contributed by atoms with E-state index in [1.165, 1.54) is 64.2 Å². The monoisotopic (exact) mass is 610 g/mol. The number of unbranched alkanes of at least 4 members (excludes halogenated alkanes) is 11. The molecule has 2 unspecified atom stereocenters. The summed E-state index contributed by atoms with van der Waals surface area (Å²) in [7, 11) is 0. The van der Waals surface area contributed by atoms with Gasteiger partial charge in [-0.1, -0.05) is 163 Å². The van der Waals surface area contributed by atoms with Crippen molar-refractivity contribution in [3.63, 3.8) is 0 Å². The van der Waals surface area contributed by atoms with E-state index in [4.69, 9.17) is 0 Å². The molecule has 3 N–H and O–H groups in total. The Bertz CT molecular complexity index is 834. The Morgan fingerprint density at radius 2 is 1.00 bits per heavy atom. The zero-order valence-corrected chi connectivity index (χ0v) is 28.4. The first-order valence-corrected chi connectivity index (χ1v) is 17.8. The highest BCUT2D eigenvalue weighted by atomic mass is 16.3. The molecule has 0 aliphatic heterocycles. The van der Waals surface area contributed by atoms with Gasteiger partial charge in [0.15, 0.2) is 0 Å². The molecule has 0 rings (SSSR count). The highest BCUT2D eigenvalue weighted by Crippen LogP contribution is 2.12. The number of allylic oxidation sites excluding steroid dienone is 13. The molecule has 0 bridgehead atoms. The first-order valence-electron chi connectivity index (χ1n) is 17.8. The molecule has 4 heteroatoms. The van der Waals surface area contributed by atoms with Crippen molar-refractivity contribution >= 4 is 5.91 Å². The van der Waals surface area contributed by atoms with Gasteiger partial charge in [0.25, 0.3) is 0 Å². The second kappa shape index (κ2) is 35.1. The van der Waals surface area contributed by atoms with Crippen molar-refractivity contribution in [3.8, 4) is 0 Å². The molecule has 44 heavy (non-hydrogen) atoms. The van der Waals surface area contributed by atoms with Gasteiger partial charge in [-0.2, -0.15) is 0 Å². The van der Waals surface area contributed by atoms with Gasteiger partial charge in [-0.3, -0.25) is 4.79 Å². The van der Waals surface area contributed by atoms with E-state index in [-0.39, 0.29) is 12.5 Å². The Kier molecular flexibility index (Phi) is 33.1. The van der Waals surface area contributed by atoms with Crippen molar-refractivity contribution in [3.05, 3.63) is 85.1 Å². The number of hydrogen-bond acceptors (Lipinski definition) is 3. The molecule has 2 atom stereocenters. The lowest BCUT2D eigenvalue weighted by molar-refractivity contribution is -0.122. The second-order valence-corrected chi connectivity index (χ2v) is 11.6. The molecular weight excluding hydrogens is 542 g/mol. The van der Waals surface area contributed by atoms with Crippen molar-refractivity contribution in [1.82, 2.24) is 5.32 Å². The van der Waals surface area contributed by atoms with Gasteiger partial charge in [0.05, 0.1) is 18.8 Å². The predicted octanol–water partition coefficient (Wildman–Crippen LogP) is 10.6. The molecule has 0 fully saturated rings. The van der Waals surface area contributed by atoms with Gasteiger partial charge in [0, 0.05) is 6.42 Å². The van der Waals surface area contributed by atoms with E-state index in [1.807, 2.05) is 12.2 Å². The first kappa shape index (κ1) is 41.6. The van der Waals surface area contributed by atoms with Gasteiger partial charge < -0.3 is 15.5 Å². The fraction of sp³-hybridized carbons (Fsp3) is 0.625. The van der Waals surface area contributed by atoms with Crippen molar-refractivity contribution < 1.29 is 15.0 Å². The van der Waals surface area contributed by atoms with Crippen molar-refractivity contribution in [2.24, 2.45) is 0 Å². The minimum Gasteiger partial charge on any atom is -0.394 e. The van der Waals surface area contributed by atoms with E-state index in [1.54, 1.807) is 6.08 Å². The maximum atomic E-state index is 12.3. The number of nitrogens with one attached hydrogen (secondary N) is 1. The van der Waals surface area contributed by atoms with Gasteiger partial charge in [-0.25, -0.2) is 0 Å². The fourth-order valence-electron chi connectivity index (χ4n) is 4.67. The molecular formula is C40H67NO3. The van der Waals surface area contributed by atoms with E-state index in [0.29, 0.717) is 12.8 Å². The smallest absolute Gasteiger partial charge is 0.220 e. The van der Waals surface area contributed by atoms with E-state index in [9.17, 15) is 15.0 Å². The molecule has 0 aromatic heterocycles. The largest absolute Gasteiger partial charge is 0.394 e. The third kappa shape index (κ3) is 31.0. The van der Waals surface area contributed by atoms with Crippen molar-refractivity contribution in [2.75, 3.05) is 6.61 Å². The normalized spacial score (nSPS) is 14.2. The molecule has 0 aliphatic rings. The number of amides is 1. The Morgan fingerprint density at radius 1 is 0.568 bits per heavy atom. The number of aliphatic hydroxyl groups excluding tert-OH is 2. The van der Waals surface area contributed by atoms with Crippen LogP contribution in [0.5, 0.6) is 0 Å². The van der Waals surface area contributed by atoms with Crippen LogP contribution in [-0.4, -0.2) is 34.9 Å². The zero-order valence-electron chi connectivity index (χ0n) is 28.4. The van der Waals surface area contributed by atoms with E-state index < -0.39 is 12.1 Å². The van der Waals surface area contributed by atoms with Crippen LogP contribution >= 0.6 is 0 Å². The summed E-state index contributed by atoms with van der Waals surface area (Å²) < 4.78 is 0. The maximum Gasteiger partial charge on any atom is 0.220 e. The average molecular weight is 610 g/mol. The third-order valence-electron chi connectivity index (χ3n) is 7.40.